The highest BCUT2D eigenvalue weighted by molar-refractivity contribution is 5.95. The van der Waals surface area contributed by atoms with Gasteiger partial charge in [0, 0.05) is 16.8 Å². The summed E-state index contributed by atoms with van der Waals surface area (Å²) in [7, 11) is 1.97. The number of nitrogens with one attached hydrogen (secondary N) is 2. The third-order valence-corrected chi connectivity index (χ3v) is 4.34. The quantitative estimate of drug-likeness (QED) is 0.585. The largest absolute Gasteiger partial charge is 0.490 e. The monoisotopic (exact) mass is 368 g/mol. The lowest BCUT2D eigenvalue weighted by molar-refractivity contribution is -0.907. The van der Waals surface area contributed by atoms with Crippen molar-refractivity contribution in [3.63, 3.8) is 0 Å². The Balaban J connectivity index is 1.91. The van der Waals surface area contributed by atoms with Gasteiger partial charge in [-0.05, 0) is 55.5 Å². The van der Waals surface area contributed by atoms with E-state index in [0.29, 0.717) is 24.4 Å². The molecule has 4 N–H and O–H groups in total. The van der Waals surface area contributed by atoms with Crippen LogP contribution in [0.5, 0.6) is 5.75 Å². The van der Waals surface area contributed by atoms with Crippen LogP contribution in [0, 0.1) is 0 Å². The molecule has 2 rings (SSSR count). The fraction of sp³-hybridized carbons (Fsp3) is 0.238. The van der Waals surface area contributed by atoms with E-state index in [1.165, 1.54) is 0 Å². The number of anilines is 1. The Hall–Kier alpha value is -3.12. The summed E-state index contributed by atoms with van der Waals surface area (Å²) < 4.78 is 5.47. The molecular formula is C21H26N3O3+. The summed E-state index contributed by atoms with van der Waals surface area (Å²) >= 11 is 0. The zero-order valence-electron chi connectivity index (χ0n) is 15.7. The fourth-order valence-electron chi connectivity index (χ4n) is 2.53. The number of hydrogen-bond acceptors (Lipinski definition) is 3. The predicted molar refractivity (Wildman–Crippen MR) is 106 cm³/mol. The zero-order valence-corrected chi connectivity index (χ0v) is 15.7. The SMILES string of the molecule is C=CCOc1ccc(C[NH+](C)[C@H](C)C(=O)Nc2ccc(C(N)=O)cc2)cc1. The molecule has 0 aliphatic rings. The van der Waals surface area contributed by atoms with E-state index in [2.05, 4.69) is 11.9 Å². The minimum Gasteiger partial charge on any atom is -0.490 e. The standard InChI is InChI=1S/C21H25N3O3/c1-4-13-27-19-11-5-16(6-12-19)14-24(3)15(2)21(26)23-18-9-7-17(8-10-18)20(22)25/h4-12,15H,1,13-14H2,2-3H3,(H2,22,25)(H,23,26)/p+1/t15-/m1/s1. The molecule has 2 atom stereocenters. The van der Waals surface area contributed by atoms with Crippen LogP contribution in [0.3, 0.4) is 0 Å². The van der Waals surface area contributed by atoms with Crippen molar-refractivity contribution in [1.29, 1.82) is 0 Å². The van der Waals surface area contributed by atoms with Crippen molar-refractivity contribution in [2.75, 3.05) is 19.0 Å². The second-order valence-electron chi connectivity index (χ2n) is 6.42. The predicted octanol–water partition coefficient (Wildman–Crippen LogP) is 1.39. The van der Waals surface area contributed by atoms with Gasteiger partial charge >= 0.3 is 0 Å². The van der Waals surface area contributed by atoms with E-state index in [-0.39, 0.29) is 11.9 Å². The van der Waals surface area contributed by atoms with Crippen molar-refractivity contribution in [2.24, 2.45) is 5.73 Å². The number of likely N-dealkylation sites (N-methyl/N-ethyl adjacent to an activating group) is 1. The molecule has 142 valence electrons. The van der Waals surface area contributed by atoms with Crippen molar-refractivity contribution >= 4 is 17.5 Å². The summed E-state index contributed by atoms with van der Waals surface area (Å²) in [6.45, 7) is 6.68. The number of quaternary nitrogens is 1. The van der Waals surface area contributed by atoms with Crippen LogP contribution in [0.4, 0.5) is 5.69 Å². The molecule has 0 saturated carbocycles. The molecule has 1 unspecified atom stereocenters. The smallest absolute Gasteiger partial charge is 0.282 e. The minimum absolute atomic E-state index is 0.0924. The third kappa shape index (κ3) is 5.97. The Morgan fingerprint density at radius 3 is 2.37 bits per heavy atom. The summed E-state index contributed by atoms with van der Waals surface area (Å²) in [4.78, 5) is 24.6. The van der Waals surface area contributed by atoms with Gasteiger partial charge in [0.1, 0.15) is 18.9 Å². The molecule has 0 fully saturated rings. The summed E-state index contributed by atoms with van der Waals surface area (Å²) in [5.74, 6) is 0.207. The van der Waals surface area contributed by atoms with Gasteiger partial charge in [-0.25, -0.2) is 0 Å². The van der Waals surface area contributed by atoms with Gasteiger partial charge in [0.25, 0.3) is 5.91 Å². The van der Waals surface area contributed by atoms with Crippen molar-refractivity contribution in [2.45, 2.75) is 19.5 Å². The van der Waals surface area contributed by atoms with Crippen molar-refractivity contribution in [3.8, 4) is 5.75 Å². The first-order chi connectivity index (χ1) is 12.9. The van der Waals surface area contributed by atoms with E-state index in [0.717, 1.165) is 16.2 Å². The average molecular weight is 368 g/mol. The van der Waals surface area contributed by atoms with Gasteiger partial charge in [-0.2, -0.15) is 0 Å². The van der Waals surface area contributed by atoms with Crippen molar-refractivity contribution in [1.82, 2.24) is 0 Å². The number of ether oxygens (including phenoxy) is 1. The second-order valence-corrected chi connectivity index (χ2v) is 6.42. The second kappa shape index (κ2) is 9.54. The van der Waals surface area contributed by atoms with E-state index >= 15 is 0 Å². The highest BCUT2D eigenvalue weighted by Gasteiger charge is 2.22. The molecule has 0 bridgehead atoms. The Morgan fingerprint density at radius 2 is 1.81 bits per heavy atom. The van der Waals surface area contributed by atoms with Gasteiger partial charge < -0.3 is 20.7 Å². The lowest BCUT2D eigenvalue weighted by Gasteiger charge is -2.21. The highest BCUT2D eigenvalue weighted by Crippen LogP contribution is 2.12. The van der Waals surface area contributed by atoms with Crippen LogP contribution in [0.2, 0.25) is 0 Å². The number of primary amides is 1. The van der Waals surface area contributed by atoms with Gasteiger partial charge in [0.05, 0.1) is 7.05 Å². The average Bonchev–Trinajstić information content (AvgIpc) is 2.67. The molecule has 2 amide bonds. The maximum Gasteiger partial charge on any atom is 0.282 e. The minimum atomic E-state index is -0.494. The number of amides is 2. The lowest BCUT2D eigenvalue weighted by Crippen LogP contribution is -3.12. The molecular weight excluding hydrogens is 342 g/mol. The van der Waals surface area contributed by atoms with E-state index in [9.17, 15) is 9.59 Å². The first kappa shape index (κ1) is 20.2. The zero-order chi connectivity index (χ0) is 19.8. The Labute approximate surface area is 159 Å². The van der Waals surface area contributed by atoms with Gasteiger partial charge in [0.2, 0.25) is 5.91 Å². The van der Waals surface area contributed by atoms with E-state index in [4.69, 9.17) is 10.5 Å². The molecule has 6 nitrogen and oxygen atoms in total. The van der Waals surface area contributed by atoms with E-state index in [1.807, 2.05) is 38.2 Å². The summed E-state index contributed by atoms with van der Waals surface area (Å²) in [6.07, 6.45) is 1.70. The molecule has 0 heterocycles. The van der Waals surface area contributed by atoms with Crippen LogP contribution in [-0.2, 0) is 11.3 Å². The number of carbonyl (C=O) groups excluding carboxylic acids is 2. The van der Waals surface area contributed by atoms with E-state index in [1.54, 1.807) is 30.3 Å². The first-order valence-electron chi connectivity index (χ1n) is 8.76. The molecule has 0 saturated heterocycles. The Morgan fingerprint density at radius 1 is 1.19 bits per heavy atom. The highest BCUT2D eigenvalue weighted by atomic mass is 16.5. The van der Waals surface area contributed by atoms with Gasteiger partial charge in [-0.3, -0.25) is 9.59 Å². The molecule has 2 aromatic rings. The molecule has 0 aliphatic carbocycles. The Bertz CT molecular complexity index is 785. The number of rotatable bonds is 9. The number of hydrogen-bond donors (Lipinski definition) is 3. The summed E-state index contributed by atoms with van der Waals surface area (Å²) in [5, 5.41) is 2.87. The van der Waals surface area contributed by atoms with Crippen LogP contribution in [-0.4, -0.2) is 31.5 Å². The molecule has 27 heavy (non-hydrogen) atoms. The van der Waals surface area contributed by atoms with Crippen LogP contribution in [0.15, 0.2) is 61.2 Å². The van der Waals surface area contributed by atoms with Crippen LogP contribution >= 0.6 is 0 Å². The maximum absolute atomic E-state index is 12.5. The summed E-state index contributed by atoms with van der Waals surface area (Å²) in [5.41, 5.74) is 7.37. The van der Waals surface area contributed by atoms with Crippen molar-refractivity contribution in [3.05, 3.63) is 72.3 Å². The summed E-state index contributed by atoms with van der Waals surface area (Å²) in [6, 6.07) is 14.1. The third-order valence-electron chi connectivity index (χ3n) is 4.34. The number of carbonyl (C=O) groups is 2. The topological polar surface area (TPSA) is 85.9 Å². The normalized spacial score (nSPS) is 12.7. The van der Waals surface area contributed by atoms with Crippen LogP contribution in [0.1, 0.15) is 22.8 Å². The molecule has 6 heteroatoms. The molecule has 0 spiro atoms. The van der Waals surface area contributed by atoms with Crippen LogP contribution < -0.4 is 20.7 Å². The van der Waals surface area contributed by atoms with Crippen molar-refractivity contribution < 1.29 is 19.2 Å². The molecule has 0 aromatic heterocycles. The van der Waals surface area contributed by atoms with Crippen LogP contribution in [0.25, 0.3) is 0 Å². The molecule has 0 radical (unpaired) electrons. The lowest BCUT2D eigenvalue weighted by atomic mass is 10.1. The van der Waals surface area contributed by atoms with Gasteiger partial charge in [0.15, 0.2) is 6.04 Å². The Kier molecular flexibility index (Phi) is 7.14. The molecule has 2 aromatic carbocycles. The fourth-order valence-corrected chi connectivity index (χ4v) is 2.53. The first-order valence-corrected chi connectivity index (χ1v) is 8.76. The maximum atomic E-state index is 12.5. The van der Waals surface area contributed by atoms with E-state index < -0.39 is 5.91 Å². The number of benzene rings is 2. The molecule has 0 aliphatic heterocycles. The number of nitrogens with two attached hydrogens (primary N) is 1. The van der Waals surface area contributed by atoms with Gasteiger partial charge in [-0.1, -0.05) is 12.7 Å². The van der Waals surface area contributed by atoms with Gasteiger partial charge in [-0.15, -0.1) is 0 Å².